The monoisotopic (exact) mass is 828 g/mol. The van der Waals surface area contributed by atoms with Crippen molar-refractivity contribution in [1.82, 2.24) is 0 Å². The molecule has 0 bridgehead atoms. The summed E-state index contributed by atoms with van der Waals surface area (Å²) in [6.07, 6.45) is 14.6. The molecule has 0 saturated heterocycles. The van der Waals surface area contributed by atoms with Gasteiger partial charge in [-0.2, -0.15) is 16.8 Å². The van der Waals surface area contributed by atoms with Crippen LogP contribution in [-0.2, 0) is 31.1 Å². The summed E-state index contributed by atoms with van der Waals surface area (Å²) in [7, 11) is -8.46. The maximum absolute atomic E-state index is 12.0. The molecule has 7 rings (SSSR count). The van der Waals surface area contributed by atoms with Crippen molar-refractivity contribution in [2.24, 2.45) is 0 Å². The minimum atomic E-state index is -4.38. The lowest BCUT2D eigenvalue weighted by Crippen LogP contribution is -2.40. The number of allylic oxidation sites excluding steroid dienone is 7. The Labute approximate surface area is 343 Å². The molecule has 0 radical (unpaired) electrons. The SMILES string of the molecule is CCCCN1/C(=C/C=C2\CCCC(/C=C/C3N(CCCCS(=O)(=O)O)c4ccc5cc(S(=O)(=O)O)ccc5c4C3(C)C)=C2Cl)C(C)(C)c2c1ccc1ccccc21. The van der Waals surface area contributed by atoms with E-state index >= 15 is 0 Å². The van der Waals surface area contributed by atoms with Crippen LogP contribution in [0.25, 0.3) is 21.5 Å². The third-order valence-electron chi connectivity index (χ3n) is 12.2. The number of unbranched alkanes of at least 4 members (excludes halogenated alkanes) is 2. The Bertz CT molecular complexity index is 2590. The third kappa shape index (κ3) is 7.96. The molecule has 2 N–H and O–H groups in total. The van der Waals surface area contributed by atoms with Crippen molar-refractivity contribution in [3.63, 3.8) is 0 Å². The second-order valence-electron chi connectivity index (χ2n) is 16.8. The summed E-state index contributed by atoms with van der Waals surface area (Å²) in [5, 5.41) is 4.89. The van der Waals surface area contributed by atoms with Crippen molar-refractivity contribution in [2.45, 2.75) is 101 Å². The van der Waals surface area contributed by atoms with Gasteiger partial charge in [-0.15, -0.1) is 0 Å². The molecule has 8 nitrogen and oxygen atoms in total. The Morgan fingerprint density at radius 1 is 0.807 bits per heavy atom. The Morgan fingerprint density at radius 2 is 1.53 bits per heavy atom. The first-order valence-electron chi connectivity index (χ1n) is 20.0. The first-order chi connectivity index (χ1) is 26.9. The van der Waals surface area contributed by atoms with Crippen LogP contribution in [-0.4, -0.2) is 50.8 Å². The minimum Gasteiger partial charge on any atom is -0.364 e. The van der Waals surface area contributed by atoms with Gasteiger partial charge in [0.05, 0.1) is 16.7 Å². The molecule has 0 aromatic heterocycles. The molecule has 4 aromatic rings. The van der Waals surface area contributed by atoms with Gasteiger partial charge in [-0.1, -0.05) is 113 Å². The van der Waals surface area contributed by atoms with Crippen LogP contribution in [0.2, 0.25) is 0 Å². The molecule has 2 aliphatic heterocycles. The Kier molecular flexibility index (Phi) is 11.3. The highest BCUT2D eigenvalue weighted by Crippen LogP contribution is 2.52. The molecule has 2 heterocycles. The lowest BCUT2D eigenvalue weighted by molar-refractivity contribution is 0.468. The second kappa shape index (κ2) is 15.7. The van der Waals surface area contributed by atoms with Crippen molar-refractivity contribution in [1.29, 1.82) is 0 Å². The molecule has 1 aliphatic carbocycles. The molecule has 11 heteroatoms. The molecular formula is C46H53ClN2O6S2. The number of halogens is 1. The van der Waals surface area contributed by atoms with Crippen LogP contribution in [0.4, 0.5) is 11.4 Å². The van der Waals surface area contributed by atoms with E-state index in [1.807, 2.05) is 12.1 Å². The summed E-state index contributed by atoms with van der Waals surface area (Å²) < 4.78 is 66.1. The quantitative estimate of drug-likeness (QED) is 0.107. The summed E-state index contributed by atoms with van der Waals surface area (Å²) in [4.78, 5) is 4.62. The van der Waals surface area contributed by atoms with Crippen molar-refractivity contribution in [3.05, 3.63) is 124 Å². The Hall–Kier alpha value is -3.93. The summed E-state index contributed by atoms with van der Waals surface area (Å²) in [5.41, 5.74) is 7.45. The van der Waals surface area contributed by atoms with E-state index in [4.69, 9.17) is 11.6 Å². The maximum atomic E-state index is 12.0. The smallest absolute Gasteiger partial charge is 0.294 e. The largest absolute Gasteiger partial charge is 0.364 e. The standard InChI is InChI=1S/C46H53ClN2O6S2/c1-6-7-27-48-38-23-17-31-13-8-9-16-36(31)42(38)45(2,3)40(48)25-19-32-14-12-15-33(44(32)47)20-26-41-46(4,5)43-37-22-21-35(57(53,54)55)30-34(37)18-24-39(43)49(41)28-10-11-29-56(50,51)52/h8-9,13,16-26,30,41H,6-7,10-12,14-15,27-29H2,1-5H3,(H,50,51,52)(H,53,54,55)/b26-20+,32-19+,40-25+. The van der Waals surface area contributed by atoms with E-state index in [9.17, 15) is 25.9 Å². The molecule has 0 fully saturated rings. The average Bonchev–Trinajstić information content (AvgIpc) is 3.51. The van der Waals surface area contributed by atoms with Crippen LogP contribution in [0.15, 0.2) is 118 Å². The molecule has 3 aliphatic rings. The fraction of sp³-hybridized carbons (Fsp3) is 0.391. The first-order valence-corrected chi connectivity index (χ1v) is 23.4. The topological polar surface area (TPSA) is 115 Å². The van der Waals surface area contributed by atoms with Crippen LogP contribution in [0, 0.1) is 0 Å². The van der Waals surface area contributed by atoms with Crippen LogP contribution in [0.5, 0.6) is 0 Å². The number of hydrogen-bond acceptors (Lipinski definition) is 6. The van der Waals surface area contributed by atoms with Gasteiger partial charge in [0.2, 0.25) is 0 Å². The van der Waals surface area contributed by atoms with Gasteiger partial charge in [0.1, 0.15) is 0 Å². The van der Waals surface area contributed by atoms with E-state index in [0.29, 0.717) is 24.8 Å². The lowest BCUT2D eigenvalue weighted by Gasteiger charge is -2.33. The molecular weight excluding hydrogens is 776 g/mol. The summed E-state index contributed by atoms with van der Waals surface area (Å²) >= 11 is 7.30. The summed E-state index contributed by atoms with van der Waals surface area (Å²) in [6.45, 7) is 12.7. The van der Waals surface area contributed by atoms with Crippen LogP contribution in [0.1, 0.15) is 90.7 Å². The zero-order valence-corrected chi connectivity index (χ0v) is 35.8. The van der Waals surface area contributed by atoms with Crippen LogP contribution >= 0.6 is 11.6 Å². The van der Waals surface area contributed by atoms with Gasteiger partial charge in [0, 0.05) is 46.0 Å². The molecule has 0 saturated carbocycles. The van der Waals surface area contributed by atoms with E-state index in [2.05, 4.69) is 105 Å². The van der Waals surface area contributed by atoms with Gasteiger partial charge in [-0.05, 0) is 113 Å². The zero-order valence-electron chi connectivity index (χ0n) is 33.4. The predicted octanol–water partition coefficient (Wildman–Crippen LogP) is 11.0. The summed E-state index contributed by atoms with van der Waals surface area (Å²) in [6, 6.07) is 21.5. The van der Waals surface area contributed by atoms with E-state index in [1.165, 1.54) is 39.9 Å². The van der Waals surface area contributed by atoms with Gasteiger partial charge in [-0.25, -0.2) is 0 Å². The van der Waals surface area contributed by atoms with Gasteiger partial charge in [-0.3, -0.25) is 9.11 Å². The molecule has 1 atom stereocenters. The van der Waals surface area contributed by atoms with Crippen molar-refractivity contribution < 1.29 is 25.9 Å². The van der Waals surface area contributed by atoms with Crippen LogP contribution < -0.4 is 9.80 Å². The minimum absolute atomic E-state index is 0.140. The normalized spacial score (nSPS) is 20.8. The number of rotatable bonds is 12. The lowest BCUT2D eigenvalue weighted by atomic mass is 9.78. The predicted molar refractivity (Wildman–Crippen MR) is 235 cm³/mol. The molecule has 1 unspecified atom stereocenters. The van der Waals surface area contributed by atoms with Crippen molar-refractivity contribution >= 4 is 64.8 Å². The second-order valence-corrected chi connectivity index (χ2v) is 20.1. The van der Waals surface area contributed by atoms with Gasteiger partial charge < -0.3 is 9.80 Å². The number of nitrogens with zero attached hydrogens (tertiary/aromatic N) is 2. The summed E-state index contributed by atoms with van der Waals surface area (Å²) in [5.74, 6) is -0.308. The van der Waals surface area contributed by atoms with Gasteiger partial charge >= 0.3 is 0 Å². The highest BCUT2D eigenvalue weighted by Gasteiger charge is 2.44. The Balaban J connectivity index is 1.24. The fourth-order valence-corrected chi connectivity index (χ4v) is 10.8. The number of fused-ring (bicyclic) bond motifs is 6. The van der Waals surface area contributed by atoms with E-state index < -0.39 is 25.7 Å². The average molecular weight is 830 g/mol. The fourth-order valence-electron chi connectivity index (χ4n) is 9.42. The van der Waals surface area contributed by atoms with Gasteiger partial charge in [0.15, 0.2) is 0 Å². The number of hydrogen-bond donors (Lipinski definition) is 2. The first kappa shape index (κ1) is 41.2. The molecule has 4 aromatic carbocycles. The molecule has 0 spiro atoms. The van der Waals surface area contributed by atoms with Gasteiger partial charge in [0.25, 0.3) is 20.2 Å². The van der Waals surface area contributed by atoms with Crippen LogP contribution in [0.3, 0.4) is 0 Å². The molecule has 0 amide bonds. The highest BCUT2D eigenvalue weighted by atomic mass is 35.5. The zero-order chi connectivity index (χ0) is 40.9. The van der Waals surface area contributed by atoms with Crippen molar-refractivity contribution in [2.75, 3.05) is 28.6 Å². The number of anilines is 2. The molecule has 302 valence electrons. The van der Waals surface area contributed by atoms with E-state index in [-0.39, 0.29) is 22.1 Å². The third-order valence-corrected chi connectivity index (χ3v) is 14.4. The number of benzene rings is 4. The van der Waals surface area contributed by atoms with E-state index in [1.54, 1.807) is 6.07 Å². The maximum Gasteiger partial charge on any atom is 0.294 e. The molecule has 57 heavy (non-hydrogen) atoms. The van der Waals surface area contributed by atoms with E-state index in [0.717, 1.165) is 71.5 Å². The van der Waals surface area contributed by atoms with Crippen molar-refractivity contribution in [3.8, 4) is 0 Å². The highest BCUT2D eigenvalue weighted by molar-refractivity contribution is 7.86. The Morgan fingerprint density at radius 3 is 2.26 bits per heavy atom.